The SMILES string of the molecule is CCN1CCN(CC(=O)NCCOCCCCC(=O)I)CC1. The molecule has 0 spiro atoms. The number of likely N-dealkylation sites (N-methyl/N-ethyl adjacent to an activating group) is 1. The third kappa shape index (κ3) is 9.70. The van der Waals surface area contributed by atoms with Crippen LogP contribution in [-0.4, -0.2) is 78.5 Å². The van der Waals surface area contributed by atoms with E-state index in [9.17, 15) is 9.59 Å². The number of unbranched alkanes of at least 4 members (excludes halogenated alkanes) is 1. The molecule has 1 fully saturated rings. The maximum Gasteiger partial charge on any atom is 0.234 e. The van der Waals surface area contributed by atoms with Gasteiger partial charge in [-0.05, 0) is 42.0 Å². The lowest BCUT2D eigenvalue weighted by atomic mass is 10.3. The number of hydrogen-bond acceptors (Lipinski definition) is 5. The Morgan fingerprint density at radius 1 is 1.09 bits per heavy atom. The summed E-state index contributed by atoms with van der Waals surface area (Å²) in [4.78, 5) is 27.2. The van der Waals surface area contributed by atoms with E-state index < -0.39 is 0 Å². The van der Waals surface area contributed by atoms with Crippen LogP contribution >= 0.6 is 22.6 Å². The molecule has 0 aromatic heterocycles. The molecule has 1 aliphatic heterocycles. The highest BCUT2D eigenvalue weighted by atomic mass is 127. The van der Waals surface area contributed by atoms with Crippen LogP contribution in [-0.2, 0) is 14.3 Å². The van der Waals surface area contributed by atoms with Gasteiger partial charge in [0.2, 0.25) is 5.91 Å². The predicted molar refractivity (Wildman–Crippen MR) is 95.3 cm³/mol. The summed E-state index contributed by atoms with van der Waals surface area (Å²) in [6, 6.07) is 0. The molecule has 0 atom stereocenters. The van der Waals surface area contributed by atoms with Gasteiger partial charge in [0.15, 0.2) is 3.79 Å². The molecule has 0 unspecified atom stereocenters. The van der Waals surface area contributed by atoms with Crippen molar-refractivity contribution < 1.29 is 14.3 Å². The van der Waals surface area contributed by atoms with Crippen molar-refractivity contribution in [3.05, 3.63) is 0 Å². The lowest BCUT2D eigenvalue weighted by Gasteiger charge is -2.33. The number of ether oxygens (including phenoxy) is 1. The van der Waals surface area contributed by atoms with Crippen LogP contribution in [0, 0.1) is 0 Å². The van der Waals surface area contributed by atoms with E-state index in [4.69, 9.17) is 4.74 Å². The number of carbonyl (C=O) groups excluding carboxylic acids is 2. The standard InChI is InChI=1S/C15H28IN3O3/c1-2-18-7-9-19(10-8-18)13-15(21)17-6-12-22-11-4-3-5-14(16)20/h2-13H2,1H3,(H,17,21). The minimum Gasteiger partial charge on any atom is -0.380 e. The quantitative estimate of drug-likeness (QED) is 0.303. The number of nitrogens with one attached hydrogen (secondary N) is 1. The van der Waals surface area contributed by atoms with Crippen LogP contribution < -0.4 is 5.32 Å². The molecule has 7 heteroatoms. The summed E-state index contributed by atoms with van der Waals surface area (Å²) in [5.74, 6) is 0.0732. The summed E-state index contributed by atoms with van der Waals surface area (Å²) in [6.07, 6.45) is 2.38. The third-order valence-electron chi connectivity index (χ3n) is 3.76. The van der Waals surface area contributed by atoms with Gasteiger partial charge in [-0.15, -0.1) is 0 Å². The van der Waals surface area contributed by atoms with Crippen molar-refractivity contribution in [2.45, 2.75) is 26.2 Å². The molecular weight excluding hydrogens is 397 g/mol. The number of rotatable bonds is 11. The van der Waals surface area contributed by atoms with Crippen molar-refractivity contribution in [1.29, 1.82) is 0 Å². The first-order valence-corrected chi connectivity index (χ1v) is 9.17. The van der Waals surface area contributed by atoms with Crippen LogP contribution in [0.2, 0.25) is 0 Å². The summed E-state index contributed by atoms with van der Waals surface area (Å²) < 4.78 is 5.63. The number of hydrogen-bond donors (Lipinski definition) is 1. The van der Waals surface area contributed by atoms with Crippen LogP contribution in [0.1, 0.15) is 26.2 Å². The highest BCUT2D eigenvalue weighted by Gasteiger charge is 2.17. The smallest absolute Gasteiger partial charge is 0.234 e. The molecule has 0 aliphatic carbocycles. The minimum absolute atomic E-state index is 0.0732. The fourth-order valence-electron chi connectivity index (χ4n) is 2.36. The number of carbonyl (C=O) groups is 2. The zero-order chi connectivity index (χ0) is 16.2. The van der Waals surface area contributed by atoms with Gasteiger partial charge in [0, 0.05) is 45.8 Å². The van der Waals surface area contributed by atoms with Gasteiger partial charge < -0.3 is 15.0 Å². The van der Waals surface area contributed by atoms with Gasteiger partial charge >= 0.3 is 0 Å². The molecule has 22 heavy (non-hydrogen) atoms. The zero-order valence-electron chi connectivity index (χ0n) is 13.5. The van der Waals surface area contributed by atoms with Crippen molar-refractivity contribution >= 4 is 32.3 Å². The van der Waals surface area contributed by atoms with Crippen LogP contribution in [0.5, 0.6) is 0 Å². The Morgan fingerprint density at radius 2 is 1.77 bits per heavy atom. The molecule has 1 aliphatic rings. The average Bonchev–Trinajstić information content (AvgIpc) is 2.50. The molecule has 1 N–H and O–H groups in total. The first kappa shape index (κ1) is 19.8. The molecule has 0 bridgehead atoms. The predicted octanol–water partition coefficient (Wildman–Crippen LogP) is 0.889. The van der Waals surface area contributed by atoms with Crippen molar-refractivity contribution in [3.63, 3.8) is 0 Å². The Balaban J connectivity index is 1.92. The Labute approximate surface area is 147 Å². The molecule has 1 heterocycles. The van der Waals surface area contributed by atoms with E-state index in [0.717, 1.165) is 45.6 Å². The van der Waals surface area contributed by atoms with Gasteiger partial charge in [0.25, 0.3) is 0 Å². The molecule has 6 nitrogen and oxygen atoms in total. The fourth-order valence-corrected chi connectivity index (χ4v) is 2.74. The second kappa shape index (κ2) is 12.2. The lowest BCUT2D eigenvalue weighted by molar-refractivity contribution is -0.123. The number of piperazine rings is 1. The molecule has 0 aromatic rings. The van der Waals surface area contributed by atoms with Crippen LogP contribution in [0.25, 0.3) is 0 Å². The Kier molecular flexibility index (Phi) is 11.0. The van der Waals surface area contributed by atoms with Gasteiger partial charge in [0.05, 0.1) is 13.2 Å². The molecule has 0 radical (unpaired) electrons. The molecule has 1 rings (SSSR count). The van der Waals surface area contributed by atoms with E-state index >= 15 is 0 Å². The third-order valence-corrected chi connectivity index (χ3v) is 4.30. The summed E-state index contributed by atoms with van der Waals surface area (Å²) in [7, 11) is 0. The molecule has 128 valence electrons. The van der Waals surface area contributed by atoms with Crippen LogP contribution in [0.15, 0.2) is 0 Å². The zero-order valence-corrected chi connectivity index (χ0v) is 15.6. The Hall–Kier alpha value is -0.250. The number of amides is 1. The maximum absolute atomic E-state index is 11.8. The maximum atomic E-state index is 11.8. The Bertz CT molecular complexity index is 334. The first-order valence-electron chi connectivity index (χ1n) is 8.09. The summed E-state index contributed by atoms with van der Waals surface area (Å²) in [6.45, 7) is 9.51. The van der Waals surface area contributed by atoms with Crippen molar-refractivity contribution in [1.82, 2.24) is 15.1 Å². The van der Waals surface area contributed by atoms with Crippen LogP contribution in [0.3, 0.4) is 0 Å². The van der Waals surface area contributed by atoms with Gasteiger partial charge in [0.1, 0.15) is 0 Å². The number of halogens is 1. The van der Waals surface area contributed by atoms with Crippen molar-refractivity contribution in [2.24, 2.45) is 0 Å². The monoisotopic (exact) mass is 425 g/mol. The second-order valence-corrected chi connectivity index (χ2v) is 6.69. The first-order chi connectivity index (χ1) is 10.6. The lowest BCUT2D eigenvalue weighted by Crippen LogP contribution is -2.49. The molecule has 0 aromatic carbocycles. The highest BCUT2D eigenvalue weighted by molar-refractivity contribution is 14.1. The second-order valence-electron chi connectivity index (χ2n) is 5.48. The van der Waals surface area contributed by atoms with Crippen LogP contribution in [0.4, 0.5) is 0 Å². The van der Waals surface area contributed by atoms with E-state index in [2.05, 4.69) is 22.0 Å². The summed E-state index contributed by atoms with van der Waals surface area (Å²) >= 11 is 1.82. The minimum atomic E-state index is 0.0732. The number of nitrogens with zero attached hydrogens (tertiary/aromatic N) is 2. The topological polar surface area (TPSA) is 61.9 Å². The van der Waals surface area contributed by atoms with Gasteiger partial charge in [-0.1, -0.05) is 6.92 Å². The van der Waals surface area contributed by atoms with Gasteiger partial charge in [-0.25, -0.2) is 0 Å². The molecule has 1 amide bonds. The normalized spacial score (nSPS) is 16.6. The Morgan fingerprint density at radius 3 is 2.41 bits per heavy atom. The molecular formula is C15H28IN3O3. The van der Waals surface area contributed by atoms with E-state index in [0.29, 0.717) is 32.7 Å². The molecule has 1 saturated heterocycles. The largest absolute Gasteiger partial charge is 0.380 e. The van der Waals surface area contributed by atoms with E-state index in [-0.39, 0.29) is 9.70 Å². The fraction of sp³-hybridized carbons (Fsp3) is 0.867. The van der Waals surface area contributed by atoms with E-state index in [1.54, 1.807) is 0 Å². The molecule has 0 saturated carbocycles. The van der Waals surface area contributed by atoms with E-state index in [1.165, 1.54) is 0 Å². The van der Waals surface area contributed by atoms with Crippen molar-refractivity contribution in [3.8, 4) is 0 Å². The summed E-state index contributed by atoms with van der Waals surface area (Å²) in [5.41, 5.74) is 0. The average molecular weight is 425 g/mol. The summed E-state index contributed by atoms with van der Waals surface area (Å²) in [5, 5.41) is 2.89. The van der Waals surface area contributed by atoms with Gasteiger partial charge in [-0.2, -0.15) is 0 Å². The highest BCUT2D eigenvalue weighted by Crippen LogP contribution is 2.01. The van der Waals surface area contributed by atoms with Crippen molar-refractivity contribution in [2.75, 3.05) is 59.0 Å². The van der Waals surface area contributed by atoms with Gasteiger partial charge in [-0.3, -0.25) is 14.5 Å². The van der Waals surface area contributed by atoms with E-state index in [1.807, 2.05) is 22.6 Å².